The second-order valence-corrected chi connectivity index (χ2v) is 2.16. The number of carbonyl (C=O) groups excluding carboxylic acids is 3. The second-order valence-electron chi connectivity index (χ2n) is 2.16. The van der Waals surface area contributed by atoms with E-state index in [-0.39, 0.29) is 12.8 Å². The van der Waals surface area contributed by atoms with E-state index < -0.39 is 17.8 Å². The standard InChI is InChI=1S/C6H7NO4.CH5N/c1-4(8)11-7-5(9)2-3-6(7)10;1-2/h2-3H2,1H3;2H2,1H3. The molecule has 0 radical (unpaired) electrons. The van der Waals surface area contributed by atoms with Crippen molar-refractivity contribution in [2.24, 2.45) is 5.73 Å². The first-order chi connectivity index (χ1) is 6.11. The molecule has 1 fully saturated rings. The number of amides is 2. The van der Waals surface area contributed by atoms with E-state index in [0.29, 0.717) is 5.06 Å². The molecule has 1 aliphatic rings. The topological polar surface area (TPSA) is 89.7 Å². The lowest BCUT2D eigenvalue weighted by molar-refractivity contribution is -0.195. The molecule has 2 amide bonds. The summed E-state index contributed by atoms with van der Waals surface area (Å²) in [6.07, 6.45) is 0.262. The van der Waals surface area contributed by atoms with Crippen molar-refractivity contribution in [1.29, 1.82) is 0 Å². The molecule has 2 N–H and O–H groups in total. The number of rotatable bonds is 1. The van der Waals surface area contributed by atoms with E-state index in [1.54, 1.807) is 0 Å². The van der Waals surface area contributed by atoms with E-state index in [1.807, 2.05) is 0 Å². The molecule has 6 nitrogen and oxygen atoms in total. The highest BCUT2D eigenvalue weighted by Gasteiger charge is 2.31. The van der Waals surface area contributed by atoms with Crippen molar-refractivity contribution in [2.75, 3.05) is 7.05 Å². The van der Waals surface area contributed by atoms with Crippen molar-refractivity contribution in [3.05, 3.63) is 0 Å². The number of imide groups is 1. The van der Waals surface area contributed by atoms with Gasteiger partial charge in [-0.3, -0.25) is 9.59 Å². The summed E-state index contributed by atoms with van der Waals surface area (Å²) in [7, 11) is 1.50. The third-order valence-electron chi connectivity index (χ3n) is 1.23. The van der Waals surface area contributed by atoms with Gasteiger partial charge < -0.3 is 10.6 Å². The van der Waals surface area contributed by atoms with Crippen molar-refractivity contribution in [3.8, 4) is 0 Å². The number of nitrogens with two attached hydrogens (primary N) is 1. The molecule has 0 saturated carbocycles. The monoisotopic (exact) mass is 188 g/mol. The first kappa shape index (κ1) is 11.6. The summed E-state index contributed by atoms with van der Waals surface area (Å²) in [5.74, 6) is -1.57. The quantitative estimate of drug-likeness (QED) is 0.543. The Kier molecular flexibility index (Phi) is 4.68. The first-order valence-electron chi connectivity index (χ1n) is 3.73. The lowest BCUT2D eigenvalue weighted by Crippen LogP contribution is -2.30. The SMILES string of the molecule is CC(=O)ON1C(=O)CCC1=O.CN. The van der Waals surface area contributed by atoms with Crippen LogP contribution in [0.25, 0.3) is 0 Å². The minimum atomic E-state index is -0.659. The summed E-state index contributed by atoms with van der Waals surface area (Å²) in [5.41, 5.74) is 4.50. The molecule has 13 heavy (non-hydrogen) atoms. The highest BCUT2D eigenvalue weighted by Crippen LogP contribution is 2.11. The van der Waals surface area contributed by atoms with Gasteiger partial charge in [-0.05, 0) is 7.05 Å². The number of hydroxylamine groups is 2. The van der Waals surface area contributed by atoms with Crippen LogP contribution in [0.15, 0.2) is 0 Å². The summed E-state index contributed by atoms with van der Waals surface area (Å²) in [6, 6.07) is 0. The van der Waals surface area contributed by atoms with E-state index in [9.17, 15) is 14.4 Å². The van der Waals surface area contributed by atoms with Gasteiger partial charge in [-0.15, -0.1) is 5.06 Å². The molecule has 0 unspecified atom stereocenters. The Morgan fingerprint density at radius 1 is 1.31 bits per heavy atom. The van der Waals surface area contributed by atoms with Crippen LogP contribution in [0.4, 0.5) is 0 Å². The van der Waals surface area contributed by atoms with Gasteiger partial charge in [0.25, 0.3) is 11.8 Å². The maximum atomic E-state index is 10.7. The highest BCUT2D eigenvalue weighted by atomic mass is 16.7. The van der Waals surface area contributed by atoms with Crippen molar-refractivity contribution in [2.45, 2.75) is 19.8 Å². The van der Waals surface area contributed by atoms with Gasteiger partial charge in [0.15, 0.2) is 0 Å². The molecule has 0 aromatic heterocycles. The molecule has 1 aliphatic heterocycles. The van der Waals surface area contributed by atoms with Crippen molar-refractivity contribution in [1.82, 2.24) is 5.06 Å². The van der Waals surface area contributed by atoms with Crippen LogP contribution >= 0.6 is 0 Å². The van der Waals surface area contributed by atoms with Crippen LogP contribution in [0.1, 0.15) is 19.8 Å². The average Bonchev–Trinajstić information content (AvgIpc) is 2.39. The summed E-state index contributed by atoms with van der Waals surface area (Å²) >= 11 is 0. The smallest absolute Gasteiger partial charge is 0.330 e. The average molecular weight is 188 g/mol. The fourth-order valence-corrected chi connectivity index (χ4v) is 0.786. The van der Waals surface area contributed by atoms with Crippen LogP contribution < -0.4 is 5.73 Å². The molecule has 0 aromatic rings. The van der Waals surface area contributed by atoms with Crippen LogP contribution in [0, 0.1) is 0 Å². The molecular formula is C7H12N2O4. The molecule has 1 heterocycles. The Balaban J connectivity index is 0.000000671. The Hall–Kier alpha value is -1.43. The van der Waals surface area contributed by atoms with Gasteiger partial charge in [-0.2, -0.15) is 0 Å². The number of carbonyl (C=O) groups is 3. The fraction of sp³-hybridized carbons (Fsp3) is 0.571. The van der Waals surface area contributed by atoms with Crippen LogP contribution in [-0.4, -0.2) is 29.9 Å². The predicted molar refractivity (Wildman–Crippen MR) is 43.0 cm³/mol. The molecule has 0 aromatic carbocycles. The van der Waals surface area contributed by atoms with Crippen LogP contribution in [-0.2, 0) is 19.2 Å². The summed E-state index contributed by atoms with van der Waals surface area (Å²) in [6.45, 7) is 1.14. The molecule has 0 bridgehead atoms. The van der Waals surface area contributed by atoms with Crippen molar-refractivity contribution >= 4 is 17.8 Å². The van der Waals surface area contributed by atoms with Gasteiger partial charge >= 0.3 is 5.97 Å². The van der Waals surface area contributed by atoms with Gasteiger partial charge in [0.05, 0.1) is 0 Å². The van der Waals surface area contributed by atoms with Gasteiger partial charge in [-0.1, -0.05) is 0 Å². The number of hydrogen-bond donors (Lipinski definition) is 1. The molecule has 6 heteroatoms. The third-order valence-corrected chi connectivity index (χ3v) is 1.23. The Bertz CT molecular complexity index is 211. The molecule has 0 atom stereocenters. The van der Waals surface area contributed by atoms with E-state index in [2.05, 4.69) is 10.6 Å². The summed E-state index contributed by atoms with van der Waals surface area (Å²) in [4.78, 5) is 36.1. The normalized spacial score (nSPS) is 15.2. The molecule has 1 rings (SSSR count). The Morgan fingerprint density at radius 3 is 2.00 bits per heavy atom. The summed E-state index contributed by atoms with van der Waals surface area (Å²) < 4.78 is 0. The predicted octanol–water partition coefficient (Wildman–Crippen LogP) is -0.812. The number of hydrogen-bond acceptors (Lipinski definition) is 5. The molecule has 0 spiro atoms. The zero-order chi connectivity index (χ0) is 10.4. The van der Waals surface area contributed by atoms with Crippen molar-refractivity contribution < 1.29 is 19.2 Å². The van der Waals surface area contributed by atoms with Crippen LogP contribution in [0.5, 0.6) is 0 Å². The van der Waals surface area contributed by atoms with Gasteiger partial charge in [-0.25, -0.2) is 4.79 Å². The number of nitrogens with zero attached hydrogens (tertiary/aromatic N) is 1. The molecular weight excluding hydrogens is 176 g/mol. The maximum absolute atomic E-state index is 10.7. The minimum absolute atomic E-state index is 0.131. The van der Waals surface area contributed by atoms with Crippen LogP contribution in [0.3, 0.4) is 0 Å². The van der Waals surface area contributed by atoms with E-state index in [4.69, 9.17) is 0 Å². The first-order valence-corrected chi connectivity index (χ1v) is 3.73. The highest BCUT2D eigenvalue weighted by molar-refractivity contribution is 6.01. The third kappa shape index (κ3) is 3.20. The zero-order valence-electron chi connectivity index (χ0n) is 7.57. The molecule has 74 valence electrons. The lowest BCUT2D eigenvalue weighted by Gasteiger charge is -2.09. The van der Waals surface area contributed by atoms with Crippen LogP contribution in [0.2, 0.25) is 0 Å². The minimum Gasteiger partial charge on any atom is -0.333 e. The maximum Gasteiger partial charge on any atom is 0.330 e. The van der Waals surface area contributed by atoms with Gasteiger partial charge in [0, 0.05) is 19.8 Å². The zero-order valence-corrected chi connectivity index (χ0v) is 7.57. The molecule has 0 aliphatic carbocycles. The Labute approximate surface area is 75.6 Å². The largest absolute Gasteiger partial charge is 0.333 e. The Morgan fingerprint density at radius 2 is 1.69 bits per heavy atom. The van der Waals surface area contributed by atoms with Gasteiger partial charge in [0.2, 0.25) is 0 Å². The lowest BCUT2D eigenvalue weighted by atomic mass is 10.4. The van der Waals surface area contributed by atoms with E-state index >= 15 is 0 Å². The second kappa shape index (κ2) is 5.26. The molecule has 1 saturated heterocycles. The van der Waals surface area contributed by atoms with E-state index in [1.165, 1.54) is 7.05 Å². The fourth-order valence-electron chi connectivity index (χ4n) is 0.786. The van der Waals surface area contributed by atoms with E-state index in [0.717, 1.165) is 6.92 Å². The van der Waals surface area contributed by atoms with Gasteiger partial charge in [0.1, 0.15) is 0 Å². The van der Waals surface area contributed by atoms with Crippen molar-refractivity contribution in [3.63, 3.8) is 0 Å². The summed E-state index contributed by atoms with van der Waals surface area (Å²) in [5, 5.41) is 0.516.